The Morgan fingerprint density at radius 3 is 2.61 bits per heavy atom. The third-order valence-electron chi connectivity index (χ3n) is 3.81. The van der Waals surface area contributed by atoms with E-state index in [0.717, 1.165) is 39.1 Å². The maximum Gasteiger partial charge on any atom is 0.0239 e. The average Bonchev–Trinajstić information content (AvgIpc) is 2.36. The Morgan fingerprint density at radius 1 is 1.22 bits per heavy atom. The number of nitrogens with two attached hydrogens (primary N) is 1. The molecule has 0 aliphatic carbocycles. The van der Waals surface area contributed by atoms with E-state index in [9.17, 15) is 0 Å². The van der Waals surface area contributed by atoms with Gasteiger partial charge in [-0.15, -0.1) is 0 Å². The Bertz CT molecular complexity index is 361. The summed E-state index contributed by atoms with van der Waals surface area (Å²) < 4.78 is 0. The molecule has 1 heterocycles. The van der Waals surface area contributed by atoms with Gasteiger partial charge >= 0.3 is 0 Å². The number of hydrogen-bond donors (Lipinski definition) is 1. The first-order chi connectivity index (χ1) is 8.69. The van der Waals surface area contributed by atoms with Crippen LogP contribution in [0.5, 0.6) is 0 Å². The van der Waals surface area contributed by atoms with Crippen molar-refractivity contribution in [1.29, 1.82) is 0 Å². The van der Waals surface area contributed by atoms with Gasteiger partial charge in [-0.05, 0) is 32.5 Å². The summed E-state index contributed by atoms with van der Waals surface area (Å²) in [5.74, 6) is 0. The lowest BCUT2D eigenvalue weighted by Crippen LogP contribution is -2.51. The summed E-state index contributed by atoms with van der Waals surface area (Å²) in [5.41, 5.74) is 8.47. The molecule has 0 bridgehead atoms. The Labute approximate surface area is 111 Å². The van der Waals surface area contributed by atoms with E-state index < -0.39 is 0 Å². The van der Waals surface area contributed by atoms with E-state index in [4.69, 9.17) is 5.73 Å². The lowest BCUT2D eigenvalue weighted by atomic mass is 10.1. The van der Waals surface area contributed by atoms with Crippen molar-refractivity contribution in [1.82, 2.24) is 9.80 Å². The first-order valence-electron chi connectivity index (χ1n) is 6.87. The molecule has 1 saturated heterocycles. The molecule has 0 saturated carbocycles. The van der Waals surface area contributed by atoms with Crippen LogP contribution in [-0.4, -0.2) is 49.1 Å². The van der Waals surface area contributed by atoms with Crippen LogP contribution in [0.2, 0.25) is 0 Å². The fraction of sp³-hybridized carbons (Fsp3) is 0.600. The first-order valence-corrected chi connectivity index (χ1v) is 6.87. The predicted octanol–water partition coefficient (Wildman–Crippen LogP) is 1.46. The van der Waals surface area contributed by atoms with E-state index in [1.807, 2.05) is 0 Å². The molecule has 1 fully saturated rings. The molecule has 1 aromatic rings. The molecule has 1 atom stereocenters. The quantitative estimate of drug-likeness (QED) is 0.874. The van der Waals surface area contributed by atoms with Gasteiger partial charge in [0, 0.05) is 32.2 Å². The highest BCUT2D eigenvalue weighted by molar-refractivity contribution is 5.21. The van der Waals surface area contributed by atoms with E-state index >= 15 is 0 Å². The third kappa shape index (κ3) is 3.55. The van der Waals surface area contributed by atoms with Crippen molar-refractivity contribution in [3.05, 3.63) is 35.4 Å². The minimum atomic E-state index is 0.607. The largest absolute Gasteiger partial charge is 0.330 e. The van der Waals surface area contributed by atoms with Crippen LogP contribution in [0.4, 0.5) is 0 Å². The molecule has 1 aliphatic rings. The summed E-state index contributed by atoms with van der Waals surface area (Å²) in [6, 6.07) is 9.49. The van der Waals surface area contributed by atoms with E-state index in [-0.39, 0.29) is 0 Å². The second-order valence-corrected chi connectivity index (χ2v) is 5.45. The fourth-order valence-electron chi connectivity index (χ4n) is 2.65. The van der Waals surface area contributed by atoms with Gasteiger partial charge in [-0.25, -0.2) is 0 Å². The molecule has 2 rings (SSSR count). The second kappa shape index (κ2) is 6.32. The first kappa shape index (κ1) is 13.5. The van der Waals surface area contributed by atoms with Crippen molar-refractivity contribution in [2.45, 2.75) is 25.9 Å². The Balaban J connectivity index is 1.99. The number of likely N-dealkylation sites (N-methyl/N-ethyl adjacent to an activating group) is 1. The lowest BCUT2D eigenvalue weighted by molar-refractivity contribution is 0.0797. The number of hydrogen-bond acceptors (Lipinski definition) is 3. The molecular formula is C15H25N3. The minimum absolute atomic E-state index is 0.607. The van der Waals surface area contributed by atoms with Crippen LogP contribution in [0.25, 0.3) is 0 Å². The summed E-state index contributed by atoms with van der Waals surface area (Å²) in [4.78, 5) is 4.99. The van der Waals surface area contributed by atoms with Crippen LogP contribution in [-0.2, 0) is 6.54 Å². The second-order valence-electron chi connectivity index (χ2n) is 5.45. The van der Waals surface area contributed by atoms with Crippen molar-refractivity contribution < 1.29 is 0 Å². The van der Waals surface area contributed by atoms with Crippen LogP contribution >= 0.6 is 0 Å². The monoisotopic (exact) mass is 247 g/mol. The molecule has 0 spiro atoms. The summed E-state index contributed by atoms with van der Waals surface area (Å²) in [7, 11) is 2.20. The van der Waals surface area contributed by atoms with E-state index in [1.165, 1.54) is 11.1 Å². The third-order valence-corrected chi connectivity index (χ3v) is 3.81. The predicted molar refractivity (Wildman–Crippen MR) is 76.5 cm³/mol. The Morgan fingerprint density at radius 2 is 1.94 bits per heavy atom. The number of piperazine rings is 1. The van der Waals surface area contributed by atoms with Gasteiger partial charge in [-0.3, -0.25) is 4.90 Å². The van der Waals surface area contributed by atoms with Crippen LogP contribution in [0.3, 0.4) is 0 Å². The van der Waals surface area contributed by atoms with Gasteiger partial charge in [0.2, 0.25) is 0 Å². The minimum Gasteiger partial charge on any atom is -0.330 e. The van der Waals surface area contributed by atoms with Crippen LogP contribution in [0.1, 0.15) is 17.5 Å². The van der Waals surface area contributed by atoms with Crippen LogP contribution < -0.4 is 5.73 Å². The maximum atomic E-state index is 5.74. The highest BCUT2D eigenvalue weighted by Gasteiger charge is 2.24. The van der Waals surface area contributed by atoms with Gasteiger partial charge in [0.25, 0.3) is 0 Å². The van der Waals surface area contributed by atoms with E-state index in [0.29, 0.717) is 6.04 Å². The van der Waals surface area contributed by atoms with Crippen LogP contribution in [0, 0.1) is 6.92 Å². The molecule has 0 radical (unpaired) electrons. The number of aryl methyl sites for hydroxylation is 1. The standard InChI is InChI=1S/C15H25N3/c1-13-3-5-14(6-4-13)11-18-10-9-17(2)12-15(18)7-8-16/h3-6,15H,7-12,16H2,1-2H3. The lowest BCUT2D eigenvalue weighted by Gasteiger charge is -2.40. The van der Waals surface area contributed by atoms with Gasteiger partial charge in [-0.1, -0.05) is 29.8 Å². The van der Waals surface area contributed by atoms with Crippen molar-refractivity contribution in [2.24, 2.45) is 5.73 Å². The van der Waals surface area contributed by atoms with E-state index in [2.05, 4.69) is 48.0 Å². The van der Waals surface area contributed by atoms with Crippen molar-refractivity contribution in [3.8, 4) is 0 Å². The van der Waals surface area contributed by atoms with Gasteiger partial charge in [-0.2, -0.15) is 0 Å². The smallest absolute Gasteiger partial charge is 0.0239 e. The Hall–Kier alpha value is -0.900. The molecule has 0 amide bonds. The molecule has 3 heteroatoms. The molecule has 2 N–H and O–H groups in total. The van der Waals surface area contributed by atoms with E-state index in [1.54, 1.807) is 0 Å². The van der Waals surface area contributed by atoms with Crippen molar-refractivity contribution >= 4 is 0 Å². The SMILES string of the molecule is Cc1ccc(CN2CCN(C)CC2CCN)cc1. The number of benzene rings is 1. The molecule has 1 unspecified atom stereocenters. The fourth-order valence-corrected chi connectivity index (χ4v) is 2.65. The molecule has 3 nitrogen and oxygen atoms in total. The van der Waals surface area contributed by atoms with Crippen molar-refractivity contribution in [3.63, 3.8) is 0 Å². The topological polar surface area (TPSA) is 32.5 Å². The summed E-state index contributed by atoms with van der Waals surface area (Å²) in [6.07, 6.45) is 1.09. The number of rotatable bonds is 4. The van der Waals surface area contributed by atoms with Gasteiger partial charge in [0.05, 0.1) is 0 Å². The number of nitrogens with zero attached hydrogens (tertiary/aromatic N) is 2. The highest BCUT2D eigenvalue weighted by Crippen LogP contribution is 2.15. The maximum absolute atomic E-state index is 5.74. The molecule has 18 heavy (non-hydrogen) atoms. The summed E-state index contributed by atoms with van der Waals surface area (Å²) in [5, 5.41) is 0. The summed E-state index contributed by atoms with van der Waals surface area (Å²) >= 11 is 0. The molecular weight excluding hydrogens is 222 g/mol. The molecule has 1 aliphatic heterocycles. The zero-order chi connectivity index (χ0) is 13.0. The van der Waals surface area contributed by atoms with Gasteiger partial charge < -0.3 is 10.6 Å². The molecule has 1 aromatic carbocycles. The van der Waals surface area contributed by atoms with Gasteiger partial charge in [0.15, 0.2) is 0 Å². The van der Waals surface area contributed by atoms with Crippen LogP contribution in [0.15, 0.2) is 24.3 Å². The normalized spacial score (nSPS) is 22.3. The summed E-state index contributed by atoms with van der Waals surface area (Å²) in [6.45, 7) is 7.42. The van der Waals surface area contributed by atoms with Gasteiger partial charge in [0.1, 0.15) is 0 Å². The highest BCUT2D eigenvalue weighted by atomic mass is 15.3. The zero-order valence-corrected chi connectivity index (χ0v) is 11.6. The Kier molecular flexibility index (Phi) is 4.75. The molecule has 100 valence electrons. The molecule has 0 aromatic heterocycles. The zero-order valence-electron chi connectivity index (χ0n) is 11.6. The average molecular weight is 247 g/mol. The van der Waals surface area contributed by atoms with Crippen molar-refractivity contribution in [2.75, 3.05) is 33.2 Å².